The van der Waals surface area contributed by atoms with Crippen LogP contribution >= 0.6 is 0 Å². The zero-order valence-electron chi connectivity index (χ0n) is 26.4. The second-order valence-corrected chi connectivity index (χ2v) is 11.3. The van der Waals surface area contributed by atoms with Gasteiger partial charge in [-0.15, -0.1) is 0 Å². The van der Waals surface area contributed by atoms with Crippen molar-refractivity contribution >= 4 is 11.0 Å². The summed E-state index contributed by atoms with van der Waals surface area (Å²) in [5, 5.41) is 85.2. The normalized spacial score (nSPS) is 31.2. The summed E-state index contributed by atoms with van der Waals surface area (Å²) >= 11 is 0. The van der Waals surface area contributed by atoms with Crippen LogP contribution in [0, 0.1) is 0 Å². The third-order valence-electron chi connectivity index (χ3n) is 8.51. The van der Waals surface area contributed by atoms with Gasteiger partial charge in [0.05, 0.1) is 34.5 Å². The molecule has 2 aliphatic rings. The second-order valence-electron chi connectivity index (χ2n) is 11.3. The molecule has 264 valence electrons. The molecular formula is C31H38O17. The molecule has 3 aromatic rings. The predicted octanol–water partition coefficient (Wildman–Crippen LogP) is -1.38. The minimum Gasteiger partial charge on any atom is -0.504 e. The lowest BCUT2D eigenvalue weighted by atomic mass is 9.87. The van der Waals surface area contributed by atoms with Gasteiger partial charge in [-0.2, -0.15) is 0 Å². The Morgan fingerprint density at radius 2 is 1.25 bits per heavy atom. The Morgan fingerprint density at radius 1 is 0.688 bits per heavy atom. The van der Waals surface area contributed by atoms with Crippen LogP contribution in [0.3, 0.4) is 0 Å². The maximum Gasteiger partial charge on any atom is 0.239 e. The largest absolute Gasteiger partial charge is 0.504 e. The molecular weight excluding hydrogens is 644 g/mol. The molecule has 0 spiro atoms. The van der Waals surface area contributed by atoms with Crippen molar-refractivity contribution in [3.05, 3.63) is 34.5 Å². The average Bonchev–Trinajstić information content (AvgIpc) is 3.09. The molecule has 2 aliphatic heterocycles. The van der Waals surface area contributed by atoms with Crippen LogP contribution in [0.4, 0.5) is 0 Å². The molecule has 1 unspecified atom stereocenters. The zero-order chi connectivity index (χ0) is 35.2. The molecule has 48 heavy (non-hydrogen) atoms. The summed E-state index contributed by atoms with van der Waals surface area (Å²) in [5.41, 5.74) is -0.956. The van der Waals surface area contributed by atoms with Gasteiger partial charge in [0.2, 0.25) is 34.7 Å². The highest BCUT2D eigenvalue weighted by atomic mass is 16.7. The van der Waals surface area contributed by atoms with Crippen molar-refractivity contribution < 1.29 is 78.4 Å². The van der Waals surface area contributed by atoms with Crippen molar-refractivity contribution in [1.29, 1.82) is 0 Å². The van der Waals surface area contributed by atoms with E-state index in [1.807, 2.05) is 0 Å². The van der Waals surface area contributed by atoms with Crippen LogP contribution in [-0.2, 0) is 9.47 Å². The number of aliphatic hydroxyl groups is 7. The van der Waals surface area contributed by atoms with Crippen LogP contribution in [0.25, 0.3) is 22.3 Å². The van der Waals surface area contributed by atoms with E-state index < -0.39 is 101 Å². The monoisotopic (exact) mass is 682 g/mol. The van der Waals surface area contributed by atoms with E-state index in [0.29, 0.717) is 11.3 Å². The third-order valence-corrected chi connectivity index (χ3v) is 8.51. The first-order valence-corrected chi connectivity index (χ1v) is 14.7. The number of phenolic OH excluding ortho intramolecular Hbond substituents is 1. The van der Waals surface area contributed by atoms with Gasteiger partial charge in [-0.25, -0.2) is 0 Å². The topological polar surface area (TPSA) is 257 Å². The number of ether oxygens (including phenoxy) is 7. The summed E-state index contributed by atoms with van der Waals surface area (Å²) in [6.45, 7) is 1.38. The summed E-state index contributed by atoms with van der Waals surface area (Å²) in [6, 6.07) is 6.34. The fourth-order valence-electron chi connectivity index (χ4n) is 5.84. The molecule has 2 aromatic carbocycles. The first-order chi connectivity index (χ1) is 22.8. The number of rotatable bonds is 9. The lowest BCUT2D eigenvalue weighted by molar-refractivity contribution is -0.311. The minimum absolute atomic E-state index is 0.110. The standard InChI is InChI=1S/C31H38O17/c1-10-14(32)17(35)19(37)25(45-10)22(40)26-20(38)18(36)21(39)31(47-26)48-30-24-13(16(34)28(43-4)29(30)44-5)15(33)27(42-3)23(46-24)11-6-8-12(41-2)9-7-11/h6-10,14,17-22,25-26,31-32,34-40H,1-5H3/t10-,14-,17+,18-,19+,20-,21+,22?,25+,26-,31-/m0/s1. The quantitative estimate of drug-likeness (QED) is 0.129. The summed E-state index contributed by atoms with van der Waals surface area (Å²) in [5.74, 6) is -1.83. The summed E-state index contributed by atoms with van der Waals surface area (Å²) in [4.78, 5) is 13.8. The lowest BCUT2D eigenvalue weighted by Crippen LogP contribution is -2.67. The Hall–Kier alpha value is -3.91. The average molecular weight is 683 g/mol. The smallest absolute Gasteiger partial charge is 0.239 e. The maximum atomic E-state index is 13.8. The van der Waals surface area contributed by atoms with Crippen molar-refractivity contribution in [2.24, 2.45) is 0 Å². The Bertz CT molecular complexity index is 1660. The van der Waals surface area contributed by atoms with E-state index in [9.17, 15) is 45.6 Å². The van der Waals surface area contributed by atoms with E-state index in [-0.39, 0.29) is 17.3 Å². The number of aliphatic hydroxyl groups excluding tert-OH is 7. The molecule has 17 heteroatoms. The first kappa shape index (κ1) is 35.4. The van der Waals surface area contributed by atoms with Gasteiger partial charge < -0.3 is 78.4 Å². The highest BCUT2D eigenvalue weighted by Gasteiger charge is 2.53. The van der Waals surface area contributed by atoms with Gasteiger partial charge in [-0.3, -0.25) is 4.79 Å². The third kappa shape index (κ3) is 5.86. The van der Waals surface area contributed by atoms with Crippen molar-refractivity contribution in [3.8, 4) is 45.8 Å². The fraction of sp³-hybridized carbons (Fsp3) is 0.516. The van der Waals surface area contributed by atoms with Crippen molar-refractivity contribution in [1.82, 2.24) is 0 Å². The highest BCUT2D eigenvalue weighted by molar-refractivity contribution is 5.96. The maximum absolute atomic E-state index is 13.8. The number of hydrogen-bond donors (Lipinski definition) is 8. The van der Waals surface area contributed by atoms with Crippen LogP contribution in [0.1, 0.15) is 6.92 Å². The lowest BCUT2D eigenvalue weighted by Gasteiger charge is -2.46. The number of fused-ring (bicyclic) bond motifs is 1. The van der Waals surface area contributed by atoms with E-state index in [0.717, 1.165) is 7.11 Å². The molecule has 0 radical (unpaired) electrons. The molecule has 0 aliphatic carbocycles. The first-order valence-electron chi connectivity index (χ1n) is 14.7. The fourth-order valence-corrected chi connectivity index (χ4v) is 5.84. The van der Waals surface area contributed by atoms with Gasteiger partial charge in [-0.05, 0) is 31.2 Å². The Kier molecular flexibility index (Phi) is 10.3. The van der Waals surface area contributed by atoms with Gasteiger partial charge in [0.1, 0.15) is 66.1 Å². The number of aromatic hydroxyl groups is 1. The van der Waals surface area contributed by atoms with Gasteiger partial charge in [0, 0.05) is 5.56 Å². The molecule has 0 amide bonds. The van der Waals surface area contributed by atoms with E-state index in [4.69, 9.17) is 37.6 Å². The molecule has 0 saturated carbocycles. The van der Waals surface area contributed by atoms with E-state index >= 15 is 0 Å². The van der Waals surface area contributed by atoms with Crippen molar-refractivity contribution in [3.63, 3.8) is 0 Å². The van der Waals surface area contributed by atoms with E-state index in [2.05, 4.69) is 0 Å². The molecule has 11 atom stereocenters. The number of benzene rings is 2. The van der Waals surface area contributed by atoms with Crippen molar-refractivity contribution in [2.75, 3.05) is 28.4 Å². The summed E-state index contributed by atoms with van der Waals surface area (Å²) in [7, 11) is 5.03. The Labute approximate surface area is 272 Å². The van der Waals surface area contributed by atoms with Gasteiger partial charge >= 0.3 is 0 Å². The summed E-state index contributed by atoms with van der Waals surface area (Å²) in [6.07, 6.45) is -19.6. The molecule has 0 bridgehead atoms. The van der Waals surface area contributed by atoms with Crippen LogP contribution in [-0.4, -0.2) is 137 Å². The van der Waals surface area contributed by atoms with Crippen LogP contribution < -0.4 is 29.1 Å². The molecule has 3 heterocycles. The van der Waals surface area contributed by atoms with Crippen LogP contribution in [0.2, 0.25) is 0 Å². The molecule has 2 saturated heterocycles. The predicted molar refractivity (Wildman–Crippen MR) is 161 cm³/mol. The minimum atomic E-state index is -2.03. The molecule has 8 N–H and O–H groups in total. The van der Waals surface area contributed by atoms with Gasteiger partial charge in [-0.1, -0.05) is 0 Å². The Morgan fingerprint density at radius 3 is 1.81 bits per heavy atom. The molecule has 2 fully saturated rings. The van der Waals surface area contributed by atoms with Crippen LogP contribution in [0.5, 0.6) is 34.5 Å². The highest BCUT2D eigenvalue weighted by Crippen LogP contribution is 2.52. The van der Waals surface area contributed by atoms with E-state index in [1.165, 1.54) is 28.3 Å². The zero-order valence-corrected chi connectivity index (χ0v) is 26.4. The number of hydrogen-bond acceptors (Lipinski definition) is 17. The molecule has 17 nitrogen and oxygen atoms in total. The van der Waals surface area contributed by atoms with E-state index in [1.54, 1.807) is 24.3 Å². The Balaban J connectivity index is 1.63. The molecule has 1 aromatic heterocycles. The second kappa shape index (κ2) is 13.9. The van der Waals surface area contributed by atoms with Gasteiger partial charge in [0.25, 0.3) is 0 Å². The van der Waals surface area contributed by atoms with Crippen LogP contribution in [0.15, 0.2) is 33.5 Å². The number of phenols is 1. The summed E-state index contributed by atoms with van der Waals surface area (Å²) < 4.78 is 44.6. The van der Waals surface area contributed by atoms with Gasteiger partial charge in [0.15, 0.2) is 17.1 Å². The SMILES string of the molecule is COc1ccc(-c2oc3c(O[C@@H]4O[C@H](C(O)[C@@H]5O[C@@H](C)[C@H](O)[C@@H](O)[C@H]5O)[C@@H](O)[C@H](O)[C@H]4O)c(OC)c(OC)c(O)c3c(=O)c2OC)cc1. The number of methoxy groups -OCH3 is 4. The molecule has 5 rings (SSSR count). The van der Waals surface area contributed by atoms with Crippen molar-refractivity contribution in [2.45, 2.75) is 74.3 Å².